The van der Waals surface area contributed by atoms with Crippen LogP contribution in [0.5, 0.6) is 0 Å². The summed E-state index contributed by atoms with van der Waals surface area (Å²) in [5.41, 5.74) is 6.87. The molecule has 7 heteroatoms. The van der Waals surface area contributed by atoms with Gasteiger partial charge in [0.1, 0.15) is 6.33 Å². The maximum atomic E-state index is 12.3. The van der Waals surface area contributed by atoms with E-state index in [1.165, 1.54) is 11.0 Å². The number of benzene rings is 1. The Kier molecular flexibility index (Phi) is 3.19. The maximum absolute atomic E-state index is 12.3. The molecule has 104 valence electrons. The fraction of sp³-hybridized carbons (Fsp3) is 0.385. The van der Waals surface area contributed by atoms with E-state index in [-0.39, 0.29) is 11.3 Å². The van der Waals surface area contributed by atoms with Gasteiger partial charge in [-0.25, -0.2) is 4.68 Å². The number of nitrogens with one attached hydrogen (secondary N) is 1. The molecule has 1 amide bonds. The van der Waals surface area contributed by atoms with E-state index in [1.807, 2.05) is 24.3 Å². The van der Waals surface area contributed by atoms with Crippen LogP contribution in [0.25, 0.3) is 5.69 Å². The van der Waals surface area contributed by atoms with E-state index < -0.39 is 0 Å². The Morgan fingerprint density at radius 2 is 2.30 bits per heavy atom. The first-order valence-electron chi connectivity index (χ1n) is 6.58. The van der Waals surface area contributed by atoms with Crippen molar-refractivity contribution in [2.24, 2.45) is 11.1 Å². The van der Waals surface area contributed by atoms with Gasteiger partial charge in [0.2, 0.25) is 5.91 Å². The SMILES string of the molecule is NCC1(C(=O)Nc2cccc(-n3cnnn3)c2)CCC1. The first kappa shape index (κ1) is 12.7. The monoisotopic (exact) mass is 272 g/mol. The number of amides is 1. The van der Waals surface area contributed by atoms with Gasteiger partial charge >= 0.3 is 0 Å². The van der Waals surface area contributed by atoms with Crippen LogP contribution >= 0.6 is 0 Å². The summed E-state index contributed by atoms with van der Waals surface area (Å²) < 4.78 is 1.54. The Morgan fingerprint density at radius 3 is 2.90 bits per heavy atom. The van der Waals surface area contributed by atoms with E-state index in [0.717, 1.165) is 30.6 Å². The van der Waals surface area contributed by atoms with E-state index in [9.17, 15) is 4.79 Å². The van der Waals surface area contributed by atoms with Crippen LogP contribution in [0, 0.1) is 5.41 Å². The summed E-state index contributed by atoms with van der Waals surface area (Å²) in [6.07, 6.45) is 4.30. The molecule has 1 aromatic carbocycles. The fourth-order valence-electron chi connectivity index (χ4n) is 2.40. The lowest BCUT2D eigenvalue weighted by Gasteiger charge is -2.39. The van der Waals surface area contributed by atoms with Gasteiger partial charge in [-0.05, 0) is 41.5 Å². The molecule has 0 atom stereocenters. The highest BCUT2D eigenvalue weighted by Gasteiger charge is 2.42. The zero-order valence-corrected chi connectivity index (χ0v) is 11.0. The second-order valence-corrected chi connectivity index (χ2v) is 5.10. The number of aromatic nitrogens is 4. The van der Waals surface area contributed by atoms with Gasteiger partial charge in [-0.1, -0.05) is 12.5 Å². The smallest absolute Gasteiger partial charge is 0.231 e. The predicted octanol–water partition coefficient (Wildman–Crippen LogP) is 0.730. The van der Waals surface area contributed by atoms with Crippen LogP contribution in [0.4, 0.5) is 5.69 Å². The summed E-state index contributed by atoms with van der Waals surface area (Å²) in [5.74, 6) is 0.000107. The van der Waals surface area contributed by atoms with Crippen molar-refractivity contribution in [3.05, 3.63) is 30.6 Å². The van der Waals surface area contributed by atoms with Gasteiger partial charge in [-0.3, -0.25) is 4.79 Å². The standard InChI is InChI=1S/C13H16N6O/c14-8-13(5-2-6-13)12(20)16-10-3-1-4-11(7-10)19-9-15-17-18-19/h1,3-4,7,9H,2,5-6,8,14H2,(H,16,20). The van der Waals surface area contributed by atoms with Crippen molar-refractivity contribution in [2.75, 3.05) is 11.9 Å². The van der Waals surface area contributed by atoms with Gasteiger partial charge in [-0.15, -0.1) is 5.10 Å². The topological polar surface area (TPSA) is 98.7 Å². The lowest BCUT2D eigenvalue weighted by atomic mass is 9.68. The molecule has 0 bridgehead atoms. The quantitative estimate of drug-likeness (QED) is 0.854. The summed E-state index contributed by atoms with van der Waals surface area (Å²) >= 11 is 0. The molecule has 2 aromatic rings. The first-order valence-corrected chi connectivity index (χ1v) is 6.58. The summed E-state index contributed by atoms with van der Waals surface area (Å²) in [4.78, 5) is 12.3. The molecule has 0 saturated heterocycles. The Morgan fingerprint density at radius 1 is 1.45 bits per heavy atom. The van der Waals surface area contributed by atoms with Gasteiger partial charge in [-0.2, -0.15) is 0 Å². The van der Waals surface area contributed by atoms with Crippen molar-refractivity contribution in [3.8, 4) is 5.69 Å². The highest BCUT2D eigenvalue weighted by atomic mass is 16.2. The molecule has 3 rings (SSSR count). The van der Waals surface area contributed by atoms with E-state index in [0.29, 0.717) is 6.54 Å². The van der Waals surface area contributed by atoms with Crippen molar-refractivity contribution in [3.63, 3.8) is 0 Å². The number of carbonyl (C=O) groups is 1. The molecule has 0 radical (unpaired) electrons. The van der Waals surface area contributed by atoms with E-state index >= 15 is 0 Å². The number of nitrogens with zero attached hydrogens (tertiary/aromatic N) is 4. The Bertz CT molecular complexity index is 600. The third kappa shape index (κ3) is 2.16. The number of rotatable bonds is 4. The van der Waals surface area contributed by atoms with Crippen molar-refractivity contribution in [1.82, 2.24) is 20.2 Å². The minimum atomic E-state index is -0.384. The zero-order valence-electron chi connectivity index (χ0n) is 11.0. The van der Waals surface area contributed by atoms with E-state index in [2.05, 4.69) is 20.8 Å². The van der Waals surface area contributed by atoms with Crippen LogP contribution < -0.4 is 11.1 Å². The molecular weight excluding hydrogens is 256 g/mol. The number of hydrogen-bond acceptors (Lipinski definition) is 5. The van der Waals surface area contributed by atoms with Crippen molar-refractivity contribution in [2.45, 2.75) is 19.3 Å². The van der Waals surface area contributed by atoms with E-state index in [4.69, 9.17) is 5.73 Å². The lowest BCUT2D eigenvalue weighted by molar-refractivity contribution is -0.129. The molecule has 1 fully saturated rings. The normalized spacial score (nSPS) is 16.4. The first-order chi connectivity index (χ1) is 9.73. The number of carbonyl (C=O) groups excluding carboxylic acids is 1. The molecular formula is C13H16N6O. The highest BCUT2D eigenvalue weighted by Crippen LogP contribution is 2.40. The minimum Gasteiger partial charge on any atom is -0.329 e. The van der Waals surface area contributed by atoms with Crippen molar-refractivity contribution < 1.29 is 4.79 Å². The molecule has 1 aliphatic rings. The van der Waals surface area contributed by atoms with Gasteiger partial charge in [0.15, 0.2) is 0 Å². The summed E-state index contributed by atoms with van der Waals surface area (Å²) in [5, 5.41) is 13.9. The maximum Gasteiger partial charge on any atom is 0.231 e. The number of tetrazole rings is 1. The molecule has 3 N–H and O–H groups in total. The third-order valence-electron chi connectivity index (χ3n) is 3.90. The Labute approximate surface area is 116 Å². The fourth-order valence-corrected chi connectivity index (χ4v) is 2.40. The average molecular weight is 272 g/mol. The van der Waals surface area contributed by atoms with Crippen LogP contribution in [0.3, 0.4) is 0 Å². The second kappa shape index (κ2) is 5.01. The van der Waals surface area contributed by atoms with Gasteiger partial charge < -0.3 is 11.1 Å². The highest BCUT2D eigenvalue weighted by molar-refractivity contribution is 5.96. The Hall–Kier alpha value is -2.28. The van der Waals surface area contributed by atoms with Gasteiger partial charge in [0.05, 0.1) is 11.1 Å². The zero-order chi connectivity index (χ0) is 14.0. The molecule has 1 saturated carbocycles. The summed E-state index contributed by atoms with van der Waals surface area (Å²) in [6, 6.07) is 7.39. The number of hydrogen-bond donors (Lipinski definition) is 2. The van der Waals surface area contributed by atoms with Gasteiger partial charge in [0, 0.05) is 12.2 Å². The average Bonchev–Trinajstić information content (AvgIpc) is 2.92. The lowest BCUT2D eigenvalue weighted by Crippen LogP contribution is -2.47. The predicted molar refractivity (Wildman–Crippen MR) is 73.1 cm³/mol. The molecule has 7 nitrogen and oxygen atoms in total. The molecule has 1 aromatic heterocycles. The van der Waals surface area contributed by atoms with Crippen molar-refractivity contribution in [1.29, 1.82) is 0 Å². The second-order valence-electron chi connectivity index (χ2n) is 5.10. The van der Waals surface area contributed by atoms with Crippen molar-refractivity contribution >= 4 is 11.6 Å². The number of anilines is 1. The van der Waals surface area contributed by atoms with Gasteiger partial charge in [0.25, 0.3) is 0 Å². The van der Waals surface area contributed by atoms with Crippen LogP contribution in [0.2, 0.25) is 0 Å². The summed E-state index contributed by atoms with van der Waals surface area (Å²) in [6.45, 7) is 0.394. The minimum absolute atomic E-state index is 0.000107. The Balaban J connectivity index is 1.78. The van der Waals surface area contributed by atoms with E-state index in [1.54, 1.807) is 0 Å². The molecule has 0 spiro atoms. The van der Waals surface area contributed by atoms with Crippen LogP contribution in [-0.4, -0.2) is 32.7 Å². The number of nitrogens with two attached hydrogens (primary N) is 1. The molecule has 0 aliphatic heterocycles. The van der Waals surface area contributed by atoms with Crippen LogP contribution in [0.15, 0.2) is 30.6 Å². The molecule has 1 heterocycles. The largest absolute Gasteiger partial charge is 0.329 e. The molecule has 0 unspecified atom stereocenters. The molecule has 1 aliphatic carbocycles. The van der Waals surface area contributed by atoms with Crippen LogP contribution in [0.1, 0.15) is 19.3 Å². The van der Waals surface area contributed by atoms with Crippen LogP contribution in [-0.2, 0) is 4.79 Å². The molecule has 20 heavy (non-hydrogen) atoms. The third-order valence-corrected chi connectivity index (χ3v) is 3.90. The summed E-state index contributed by atoms with van der Waals surface area (Å²) in [7, 11) is 0.